The quantitative estimate of drug-likeness (QED) is 0.730. The first-order valence-corrected chi connectivity index (χ1v) is 9.45. The minimum absolute atomic E-state index is 0.346. The zero-order chi connectivity index (χ0) is 18.7. The Morgan fingerprint density at radius 3 is 2.50 bits per heavy atom. The topological polar surface area (TPSA) is 85.3 Å². The highest BCUT2D eigenvalue weighted by Crippen LogP contribution is 2.52. The minimum Gasteiger partial charge on any atom is -0.423 e. The molecule has 1 aromatic rings. The molecule has 3 aliphatic heterocycles. The summed E-state index contributed by atoms with van der Waals surface area (Å²) in [6.45, 7) is 9.00. The van der Waals surface area contributed by atoms with Gasteiger partial charge in [0.25, 0.3) is 5.79 Å². The average molecular weight is 385 g/mol. The number of carbonyl (C=O) groups is 1. The molecule has 0 spiro atoms. The van der Waals surface area contributed by atoms with Crippen molar-refractivity contribution in [1.82, 2.24) is 4.98 Å². The van der Waals surface area contributed by atoms with Gasteiger partial charge in [-0.1, -0.05) is 0 Å². The van der Waals surface area contributed by atoms with E-state index < -0.39 is 41.6 Å². The number of hydrogen-bond donors (Lipinski definition) is 0. The molecular weight excluding hydrogens is 362 g/mol. The maximum atomic E-state index is 11.9. The van der Waals surface area contributed by atoms with Crippen LogP contribution in [0.5, 0.6) is 0 Å². The van der Waals surface area contributed by atoms with Crippen LogP contribution in [0.2, 0.25) is 0 Å². The van der Waals surface area contributed by atoms with Crippen LogP contribution in [0.15, 0.2) is 11.6 Å². The lowest BCUT2D eigenvalue weighted by atomic mass is 10.0. The van der Waals surface area contributed by atoms with Crippen molar-refractivity contribution in [2.24, 2.45) is 0 Å². The third kappa shape index (κ3) is 2.96. The molecule has 0 saturated carbocycles. The molecule has 4 rings (SSSR count). The Kier molecular flexibility index (Phi) is 4.18. The van der Waals surface area contributed by atoms with Gasteiger partial charge in [0.2, 0.25) is 0 Å². The molecule has 5 atom stereocenters. The molecule has 9 heteroatoms. The van der Waals surface area contributed by atoms with Crippen molar-refractivity contribution in [3.63, 3.8) is 0 Å². The lowest BCUT2D eigenvalue weighted by molar-refractivity contribution is -0.298. The molecule has 0 aromatic carbocycles. The van der Waals surface area contributed by atoms with E-state index in [0.29, 0.717) is 11.6 Å². The van der Waals surface area contributed by atoms with Gasteiger partial charge in [0.15, 0.2) is 22.7 Å². The average Bonchev–Trinajstić information content (AvgIpc) is 3.24. The number of nitrogens with zero attached hydrogens (tertiary/aromatic N) is 1. The van der Waals surface area contributed by atoms with E-state index in [2.05, 4.69) is 4.98 Å². The monoisotopic (exact) mass is 385 g/mol. The summed E-state index contributed by atoms with van der Waals surface area (Å²) in [6.07, 6.45) is -0.435. The SMILES string of the molecule is CC(=O)O[C@@]1(c2nccs2)O[C@H]([C@H]2COC(C)(C)O2)[C@@H]2OC(C)(C)O[C@@H]21. The van der Waals surface area contributed by atoms with Gasteiger partial charge in [0.1, 0.15) is 18.3 Å². The van der Waals surface area contributed by atoms with Gasteiger partial charge >= 0.3 is 5.97 Å². The first kappa shape index (κ1) is 18.3. The van der Waals surface area contributed by atoms with Crippen LogP contribution in [0.4, 0.5) is 0 Å². The fourth-order valence-electron chi connectivity index (χ4n) is 3.73. The number of rotatable bonds is 3. The van der Waals surface area contributed by atoms with Crippen molar-refractivity contribution in [2.75, 3.05) is 6.61 Å². The smallest absolute Gasteiger partial charge is 0.305 e. The maximum absolute atomic E-state index is 11.9. The predicted molar refractivity (Wildman–Crippen MR) is 89.2 cm³/mol. The summed E-state index contributed by atoms with van der Waals surface area (Å²) in [5.41, 5.74) is 0. The molecule has 4 heterocycles. The van der Waals surface area contributed by atoms with E-state index in [-0.39, 0.29) is 6.10 Å². The molecule has 0 aliphatic carbocycles. The molecule has 0 bridgehead atoms. The third-order valence-corrected chi connectivity index (χ3v) is 5.43. The molecule has 3 fully saturated rings. The van der Waals surface area contributed by atoms with Crippen LogP contribution < -0.4 is 0 Å². The highest BCUT2D eigenvalue weighted by atomic mass is 32.1. The molecule has 144 valence electrons. The lowest BCUT2D eigenvalue weighted by Gasteiger charge is -2.32. The number of aromatic nitrogens is 1. The number of thiazole rings is 1. The van der Waals surface area contributed by atoms with E-state index in [1.54, 1.807) is 11.6 Å². The summed E-state index contributed by atoms with van der Waals surface area (Å²) >= 11 is 1.33. The number of carbonyl (C=O) groups excluding carboxylic acids is 1. The summed E-state index contributed by atoms with van der Waals surface area (Å²) in [4.78, 5) is 16.2. The van der Waals surface area contributed by atoms with Crippen LogP contribution >= 0.6 is 11.3 Å². The zero-order valence-electron chi connectivity index (χ0n) is 15.4. The fraction of sp³-hybridized carbons (Fsp3) is 0.765. The van der Waals surface area contributed by atoms with E-state index in [1.807, 2.05) is 27.7 Å². The van der Waals surface area contributed by atoms with Crippen molar-refractivity contribution >= 4 is 17.3 Å². The Labute approximate surface area is 155 Å². The van der Waals surface area contributed by atoms with E-state index in [0.717, 1.165) is 0 Å². The van der Waals surface area contributed by atoms with Gasteiger partial charge in [0.05, 0.1) is 6.61 Å². The van der Waals surface area contributed by atoms with Crippen molar-refractivity contribution in [3.05, 3.63) is 16.6 Å². The first-order valence-electron chi connectivity index (χ1n) is 8.57. The molecular formula is C17H23NO7S. The van der Waals surface area contributed by atoms with Crippen LogP contribution in [-0.4, -0.2) is 53.6 Å². The third-order valence-electron chi connectivity index (χ3n) is 4.56. The predicted octanol–water partition coefficient (Wildman–Crippen LogP) is 1.93. The van der Waals surface area contributed by atoms with Crippen LogP contribution in [0.1, 0.15) is 39.6 Å². The standard InChI is InChI=1S/C17H23NO7S/c1-9(19)21-17(14-18-6-7-26-14)13-12(23-16(4,5)25-13)11(24-17)10-8-20-15(2,3)22-10/h6-7,10-13H,8H2,1-5H3/t10-,11-,12+,13+,17-/m1/s1. The molecule has 0 radical (unpaired) electrons. The summed E-state index contributed by atoms with van der Waals surface area (Å²) in [5.74, 6) is -3.53. The highest BCUT2D eigenvalue weighted by molar-refractivity contribution is 7.09. The van der Waals surface area contributed by atoms with E-state index in [9.17, 15) is 4.79 Å². The second-order valence-corrected chi connectivity index (χ2v) is 8.46. The lowest BCUT2D eigenvalue weighted by Crippen LogP contribution is -2.44. The van der Waals surface area contributed by atoms with Gasteiger partial charge in [-0.25, -0.2) is 4.98 Å². The number of ether oxygens (including phenoxy) is 6. The Morgan fingerprint density at radius 2 is 1.92 bits per heavy atom. The summed E-state index contributed by atoms with van der Waals surface area (Å²) in [5, 5.41) is 2.30. The Balaban J connectivity index is 1.74. The summed E-state index contributed by atoms with van der Waals surface area (Å²) < 4.78 is 35.8. The Bertz CT molecular complexity index is 691. The Hall–Kier alpha value is -1.10. The van der Waals surface area contributed by atoms with Crippen LogP contribution in [0, 0.1) is 0 Å². The normalized spacial score (nSPS) is 40.5. The first-order chi connectivity index (χ1) is 12.1. The Morgan fingerprint density at radius 1 is 1.15 bits per heavy atom. The van der Waals surface area contributed by atoms with Crippen molar-refractivity contribution < 1.29 is 33.2 Å². The number of fused-ring (bicyclic) bond motifs is 1. The van der Waals surface area contributed by atoms with Crippen molar-refractivity contribution in [2.45, 2.75) is 76.4 Å². The van der Waals surface area contributed by atoms with Gasteiger partial charge in [-0.2, -0.15) is 0 Å². The second kappa shape index (κ2) is 5.95. The van der Waals surface area contributed by atoms with Crippen molar-refractivity contribution in [3.8, 4) is 0 Å². The van der Waals surface area contributed by atoms with E-state index >= 15 is 0 Å². The maximum Gasteiger partial charge on any atom is 0.305 e. The fourth-order valence-corrected chi connectivity index (χ4v) is 4.47. The van der Waals surface area contributed by atoms with Crippen molar-refractivity contribution in [1.29, 1.82) is 0 Å². The number of esters is 1. The molecule has 3 saturated heterocycles. The molecule has 1 aromatic heterocycles. The summed E-state index contributed by atoms with van der Waals surface area (Å²) in [6, 6.07) is 0. The van der Waals surface area contributed by atoms with Gasteiger partial charge in [-0.05, 0) is 27.7 Å². The van der Waals surface area contributed by atoms with Crippen LogP contribution in [0.3, 0.4) is 0 Å². The number of hydrogen-bond acceptors (Lipinski definition) is 9. The second-order valence-electron chi connectivity index (χ2n) is 7.57. The highest BCUT2D eigenvalue weighted by Gasteiger charge is 2.69. The van der Waals surface area contributed by atoms with Gasteiger partial charge in [0, 0.05) is 18.5 Å². The molecule has 8 nitrogen and oxygen atoms in total. The molecule has 0 unspecified atom stereocenters. The molecule has 26 heavy (non-hydrogen) atoms. The van der Waals surface area contributed by atoms with E-state index in [4.69, 9.17) is 28.4 Å². The minimum atomic E-state index is -1.47. The largest absolute Gasteiger partial charge is 0.423 e. The van der Waals surface area contributed by atoms with Crippen LogP contribution in [0.25, 0.3) is 0 Å². The van der Waals surface area contributed by atoms with Crippen LogP contribution in [-0.2, 0) is 39.0 Å². The molecule has 3 aliphatic rings. The zero-order valence-corrected chi connectivity index (χ0v) is 16.2. The van der Waals surface area contributed by atoms with Gasteiger partial charge in [-0.3, -0.25) is 4.79 Å². The molecule has 0 amide bonds. The summed E-state index contributed by atoms with van der Waals surface area (Å²) in [7, 11) is 0. The molecule has 0 N–H and O–H groups in total. The van der Waals surface area contributed by atoms with E-state index in [1.165, 1.54) is 18.3 Å². The van der Waals surface area contributed by atoms with Gasteiger partial charge < -0.3 is 28.4 Å². The van der Waals surface area contributed by atoms with Gasteiger partial charge in [-0.15, -0.1) is 11.3 Å².